The molecule has 130 valence electrons. The second-order valence-electron chi connectivity index (χ2n) is 4.69. The first kappa shape index (κ1) is 21.1. The van der Waals surface area contributed by atoms with Gasteiger partial charge in [0.15, 0.2) is 0 Å². The molecule has 1 atom stereocenters. The highest BCUT2D eigenvalue weighted by atomic mass is 19.1. The van der Waals surface area contributed by atoms with E-state index in [0.29, 0.717) is 18.6 Å². The molecule has 1 N–H and O–H groups in total. The molecule has 0 bridgehead atoms. The number of ether oxygens (including phenoxy) is 2. The predicted octanol–water partition coefficient (Wildman–Crippen LogP) is 2.14. The van der Waals surface area contributed by atoms with Crippen LogP contribution in [0.25, 0.3) is 0 Å². The van der Waals surface area contributed by atoms with Crippen LogP contribution in [0.1, 0.15) is 24.0 Å². The Balaban J connectivity index is 0.000000468. The summed E-state index contributed by atoms with van der Waals surface area (Å²) in [5.41, 5.74) is 1.65. The number of halogens is 2. The van der Waals surface area contributed by atoms with E-state index in [1.165, 1.54) is 7.11 Å². The third-order valence-electron chi connectivity index (χ3n) is 2.76. The van der Waals surface area contributed by atoms with E-state index in [0.717, 1.165) is 5.56 Å². The minimum atomic E-state index is -1.49. The highest BCUT2D eigenvalue weighted by Crippen LogP contribution is 2.08. The number of methoxy groups -OCH3 is 2. The van der Waals surface area contributed by atoms with E-state index in [4.69, 9.17) is 4.74 Å². The summed E-state index contributed by atoms with van der Waals surface area (Å²) >= 11 is 0. The van der Waals surface area contributed by atoms with Crippen molar-refractivity contribution in [1.29, 1.82) is 0 Å². The molecule has 0 spiro atoms. The Morgan fingerprint density at radius 1 is 1.13 bits per heavy atom. The second-order valence-corrected chi connectivity index (χ2v) is 4.69. The summed E-state index contributed by atoms with van der Waals surface area (Å²) in [5.74, 6) is -0.569. The largest absolute Gasteiger partial charge is 0.469 e. The molecule has 0 aromatic heterocycles. The number of alkyl halides is 1. The maximum absolute atomic E-state index is 12.2. The van der Waals surface area contributed by atoms with E-state index in [-0.39, 0.29) is 12.8 Å². The Bertz CT molecular complexity index is 462. The van der Waals surface area contributed by atoms with Gasteiger partial charge >= 0.3 is 12.0 Å². The van der Waals surface area contributed by atoms with Crippen LogP contribution < -0.4 is 0 Å². The number of carbonyl (C=O) groups excluding carboxylic acids is 2. The third kappa shape index (κ3) is 11.4. The minimum absolute atomic E-state index is 0.175. The van der Waals surface area contributed by atoms with Crippen molar-refractivity contribution in [3.8, 4) is 0 Å². The topological polar surface area (TPSA) is 72.8 Å². The Kier molecular flexibility index (Phi) is 11.6. The molecule has 1 aromatic carbocycles. The molecule has 1 unspecified atom stereocenters. The van der Waals surface area contributed by atoms with E-state index in [9.17, 15) is 23.5 Å². The molecule has 7 heteroatoms. The van der Waals surface area contributed by atoms with Crippen molar-refractivity contribution in [1.82, 2.24) is 0 Å². The highest BCUT2D eigenvalue weighted by Gasteiger charge is 2.05. The van der Waals surface area contributed by atoms with Crippen LogP contribution in [-0.4, -0.2) is 44.0 Å². The van der Waals surface area contributed by atoms with Crippen molar-refractivity contribution in [2.24, 2.45) is 0 Å². The zero-order chi connectivity index (χ0) is 17.7. The fraction of sp³-hybridized carbons (Fsp3) is 0.500. The van der Waals surface area contributed by atoms with E-state index >= 15 is 0 Å². The number of rotatable bonds is 8. The van der Waals surface area contributed by atoms with Crippen molar-refractivity contribution < 1.29 is 33.0 Å². The summed E-state index contributed by atoms with van der Waals surface area (Å²) in [4.78, 5) is 19.8. The van der Waals surface area contributed by atoms with Gasteiger partial charge in [0.2, 0.25) is 0 Å². The first-order chi connectivity index (χ1) is 10.9. The Hall–Kier alpha value is -1.86. The fourth-order valence-electron chi connectivity index (χ4n) is 1.59. The van der Waals surface area contributed by atoms with Crippen LogP contribution in [0.4, 0.5) is 8.78 Å². The van der Waals surface area contributed by atoms with Crippen molar-refractivity contribution in [3.63, 3.8) is 0 Å². The van der Waals surface area contributed by atoms with Crippen LogP contribution in [0.3, 0.4) is 0 Å². The molecule has 23 heavy (non-hydrogen) atoms. The summed E-state index contributed by atoms with van der Waals surface area (Å²) in [6, 6.07) is 5.63. The molecule has 1 rings (SSSR count). The Labute approximate surface area is 134 Å². The van der Waals surface area contributed by atoms with Gasteiger partial charge in [0.25, 0.3) is 0 Å². The molecule has 0 heterocycles. The van der Waals surface area contributed by atoms with Crippen LogP contribution in [0.5, 0.6) is 0 Å². The zero-order valence-electron chi connectivity index (χ0n) is 13.3. The lowest BCUT2D eigenvalue weighted by molar-refractivity contribution is -0.143. The Morgan fingerprint density at radius 3 is 2.13 bits per heavy atom. The van der Waals surface area contributed by atoms with Crippen molar-refractivity contribution in [2.75, 3.05) is 20.8 Å². The average Bonchev–Trinajstić information content (AvgIpc) is 2.54. The molecular weight excluding hydrogens is 310 g/mol. The van der Waals surface area contributed by atoms with E-state index in [1.807, 2.05) is 12.1 Å². The molecule has 5 nitrogen and oxygen atoms in total. The highest BCUT2D eigenvalue weighted by molar-refractivity contribution is 5.76. The number of hydrogen-bond acceptors (Lipinski definition) is 5. The molecular formula is C16H22F2O5. The summed E-state index contributed by atoms with van der Waals surface area (Å²) < 4.78 is 32.5. The predicted molar refractivity (Wildman–Crippen MR) is 80.2 cm³/mol. The maximum atomic E-state index is 12.2. The molecule has 0 radical (unpaired) electrons. The monoisotopic (exact) mass is 332 g/mol. The lowest BCUT2D eigenvalue weighted by Crippen LogP contribution is -2.16. The number of benzene rings is 1. The molecule has 0 saturated heterocycles. The van der Waals surface area contributed by atoms with Crippen molar-refractivity contribution in [2.45, 2.75) is 32.0 Å². The molecule has 0 aliphatic heterocycles. The van der Waals surface area contributed by atoms with Crippen molar-refractivity contribution >= 4 is 12.0 Å². The molecule has 1 aromatic rings. The molecule has 0 fully saturated rings. The molecule has 0 aliphatic rings. The second kappa shape index (κ2) is 12.7. The first-order valence-electron chi connectivity index (χ1n) is 6.98. The Morgan fingerprint density at radius 2 is 1.70 bits per heavy atom. The quantitative estimate of drug-likeness (QED) is 0.583. The van der Waals surface area contributed by atoms with Gasteiger partial charge in [-0.2, -0.15) is 4.39 Å². The number of hydrogen-bond donors (Lipinski definition) is 1. The number of esters is 1. The zero-order valence-corrected chi connectivity index (χ0v) is 13.3. The minimum Gasteiger partial charge on any atom is -0.469 e. The summed E-state index contributed by atoms with van der Waals surface area (Å²) in [6.45, 7) is -0.119. The van der Waals surface area contributed by atoms with Gasteiger partial charge in [0, 0.05) is 20.0 Å². The van der Waals surface area contributed by atoms with Gasteiger partial charge in [-0.25, -0.2) is 4.39 Å². The maximum Gasteiger partial charge on any atom is 0.306 e. The van der Waals surface area contributed by atoms with Crippen LogP contribution in [0, 0.1) is 0 Å². The van der Waals surface area contributed by atoms with Crippen LogP contribution in [0.2, 0.25) is 0 Å². The number of aliphatic hydroxyl groups excluding tert-OH is 1. The first-order valence-corrected chi connectivity index (χ1v) is 6.98. The number of aliphatic hydroxyl groups is 1. The van der Waals surface area contributed by atoms with Gasteiger partial charge in [0.1, 0.15) is 6.67 Å². The normalized spacial score (nSPS) is 11.2. The standard InChI is InChI=1S/C11H15FO2.C5H7FO3/c1-14-8-11(13)6-9-2-4-10(7-12)5-3-9;1-9-5(8)3-2-4(6)7/h2-5,11,13H,6-8H2,1H3;2-3H2,1H3. The van der Waals surface area contributed by atoms with Crippen LogP contribution >= 0.6 is 0 Å². The fourth-order valence-corrected chi connectivity index (χ4v) is 1.59. The third-order valence-corrected chi connectivity index (χ3v) is 2.76. The molecule has 0 amide bonds. The SMILES string of the molecule is COC(=O)CCC(=O)F.COCC(O)Cc1ccc(CF)cc1. The van der Waals surface area contributed by atoms with Crippen LogP contribution in [-0.2, 0) is 32.2 Å². The van der Waals surface area contributed by atoms with Gasteiger partial charge in [-0.05, 0) is 11.1 Å². The smallest absolute Gasteiger partial charge is 0.306 e. The van der Waals surface area contributed by atoms with E-state index < -0.39 is 24.8 Å². The van der Waals surface area contributed by atoms with Gasteiger partial charge in [-0.1, -0.05) is 24.3 Å². The lowest BCUT2D eigenvalue weighted by atomic mass is 10.1. The van der Waals surface area contributed by atoms with Gasteiger partial charge < -0.3 is 14.6 Å². The van der Waals surface area contributed by atoms with Crippen molar-refractivity contribution in [3.05, 3.63) is 35.4 Å². The summed E-state index contributed by atoms with van der Waals surface area (Å²) in [5, 5.41) is 9.43. The van der Waals surface area contributed by atoms with E-state index in [1.54, 1.807) is 19.2 Å². The average molecular weight is 332 g/mol. The molecule has 0 saturated carbocycles. The van der Waals surface area contributed by atoms with Gasteiger partial charge in [-0.3, -0.25) is 9.59 Å². The van der Waals surface area contributed by atoms with Gasteiger partial charge in [-0.15, -0.1) is 0 Å². The number of carbonyl (C=O) groups is 2. The summed E-state index contributed by atoms with van der Waals surface area (Å²) in [6.07, 6.45) is -0.505. The summed E-state index contributed by atoms with van der Waals surface area (Å²) in [7, 11) is 2.74. The lowest BCUT2D eigenvalue weighted by Gasteiger charge is -2.09. The molecule has 0 aliphatic carbocycles. The van der Waals surface area contributed by atoms with Crippen LogP contribution in [0.15, 0.2) is 24.3 Å². The van der Waals surface area contributed by atoms with E-state index in [2.05, 4.69) is 4.74 Å². The van der Waals surface area contributed by atoms with Gasteiger partial charge in [0.05, 0.1) is 26.2 Å².